The second-order valence-corrected chi connectivity index (χ2v) is 7.38. The van der Waals surface area contributed by atoms with Crippen molar-refractivity contribution in [1.29, 1.82) is 5.26 Å². The summed E-state index contributed by atoms with van der Waals surface area (Å²) < 4.78 is 5.41. The van der Waals surface area contributed by atoms with Crippen LogP contribution in [-0.2, 0) is 0 Å². The highest BCUT2D eigenvalue weighted by atomic mass is 35.5. The molecular weight excluding hydrogens is 390 g/mol. The van der Waals surface area contributed by atoms with E-state index >= 15 is 0 Å². The van der Waals surface area contributed by atoms with Gasteiger partial charge in [0.1, 0.15) is 12.4 Å². The van der Waals surface area contributed by atoms with Gasteiger partial charge in [0.05, 0.1) is 28.9 Å². The second kappa shape index (κ2) is 10.5. The zero-order valence-corrected chi connectivity index (χ0v) is 17.1. The summed E-state index contributed by atoms with van der Waals surface area (Å²) in [6.45, 7) is 3.69. The van der Waals surface area contributed by atoms with Gasteiger partial charge in [0.2, 0.25) is 0 Å². The molecule has 0 aromatic heterocycles. The van der Waals surface area contributed by atoms with Crippen molar-refractivity contribution >= 4 is 17.3 Å². The molecule has 3 rings (SSSR count). The minimum absolute atomic E-state index is 0.0322. The van der Waals surface area contributed by atoms with E-state index in [0.29, 0.717) is 22.8 Å². The van der Waals surface area contributed by atoms with Crippen LogP contribution in [-0.4, -0.2) is 61.1 Å². The molecule has 1 saturated heterocycles. The van der Waals surface area contributed by atoms with Crippen molar-refractivity contribution in [3.63, 3.8) is 0 Å². The van der Waals surface area contributed by atoms with Crippen LogP contribution in [0.2, 0.25) is 5.02 Å². The largest absolute Gasteiger partial charge is 0.491 e. The Hall–Kier alpha value is -2.30. The number of piperazine rings is 1. The molecule has 1 aliphatic rings. The molecule has 2 N–H and O–H groups in total. The summed E-state index contributed by atoms with van der Waals surface area (Å²) in [5, 5.41) is 28.1. The maximum Gasteiger partial charge on any atom is 0.121 e. The first-order valence-corrected chi connectivity index (χ1v) is 10.2. The van der Waals surface area contributed by atoms with E-state index in [4.69, 9.17) is 26.7 Å². The van der Waals surface area contributed by atoms with Crippen LogP contribution in [0.1, 0.15) is 23.6 Å². The van der Waals surface area contributed by atoms with Crippen LogP contribution < -0.4 is 9.64 Å². The Morgan fingerprint density at radius 2 is 1.76 bits per heavy atom. The molecule has 1 aliphatic heterocycles. The highest BCUT2D eigenvalue weighted by Crippen LogP contribution is 2.32. The quantitative estimate of drug-likeness (QED) is 0.690. The van der Waals surface area contributed by atoms with Gasteiger partial charge in [0, 0.05) is 44.9 Å². The fourth-order valence-corrected chi connectivity index (χ4v) is 4.02. The van der Waals surface area contributed by atoms with Crippen LogP contribution >= 0.6 is 11.6 Å². The number of hydrogen-bond donors (Lipinski definition) is 2. The van der Waals surface area contributed by atoms with Gasteiger partial charge in [-0.1, -0.05) is 23.7 Å². The number of ether oxygens (including phenoxy) is 1. The van der Waals surface area contributed by atoms with E-state index in [0.717, 1.165) is 37.4 Å². The number of nitrogens with zero attached hydrogens (tertiary/aromatic N) is 3. The molecule has 1 unspecified atom stereocenters. The summed E-state index contributed by atoms with van der Waals surface area (Å²) in [7, 11) is 0. The number of benzene rings is 2. The maximum absolute atomic E-state index is 9.55. The van der Waals surface area contributed by atoms with Crippen molar-refractivity contribution in [3.05, 3.63) is 58.6 Å². The van der Waals surface area contributed by atoms with Crippen molar-refractivity contribution in [2.24, 2.45) is 0 Å². The monoisotopic (exact) mass is 415 g/mol. The predicted molar refractivity (Wildman–Crippen MR) is 113 cm³/mol. The average molecular weight is 416 g/mol. The van der Waals surface area contributed by atoms with Gasteiger partial charge in [-0.3, -0.25) is 4.90 Å². The summed E-state index contributed by atoms with van der Waals surface area (Å²) in [5.74, 6) is 0.648. The number of hydrogen-bond acceptors (Lipinski definition) is 6. The first-order chi connectivity index (χ1) is 14.2. The van der Waals surface area contributed by atoms with Gasteiger partial charge in [0.15, 0.2) is 0 Å². The normalized spacial score (nSPS) is 15.7. The lowest BCUT2D eigenvalue weighted by molar-refractivity contribution is 0.149. The first kappa shape index (κ1) is 21.4. The van der Waals surface area contributed by atoms with E-state index in [2.05, 4.69) is 15.9 Å². The lowest BCUT2D eigenvalue weighted by Gasteiger charge is -2.40. The van der Waals surface area contributed by atoms with Crippen LogP contribution in [0.5, 0.6) is 5.75 Å². The molecule has 154 valence electrons. The molecule has 0 saturated carbocycles. The van der Waals surface area contributed by atoms with E-state index in [1.807, 2.05) is 36.4 Å². The third kappa shape index (κ3) is 5.40. The summed E-state index contributed by atoms with van der Waals surface area (Å²) in [5.41, 5.74) is 2.73. The van der Waals surface area contributed by atoms with Gasteiger partial charge in [-0.05, 0) is 36.2 Å². The molecule has 2 aromatic rings. The van der Waals surface area contributed by atoms with Crippen molar-refractivity contribution in [3.8, 4) is 11.8 Å². The third-order valence-corrected chi connectivity index (χ3v) is 5.50. The second-order valence-electron chi connectivity index (χ2n) is 6.97. The molecule has 0 amide bonds. The molecular formula is C22H26ClN3O3. The van der Waals surface area contributed by atoms with E-state index in [9.17, 15) is 5.11 Å². The molecule has 0 radical (unpaired) electrons. The van der Waals surface area contributed by atoms with Gasteiger partial charge >= 0.3 is 0 Å². The Kier molecular flexibility index (Phi) is 7.73. The zero-order valence-electron chi connectivity index (χ0n) is 16.3. The number of aliphatic hydroxyl groups is 2. The number of rotatable bonds is 8. The standard InChI is InChI=1S/C22H26ClN3O3/c23-20-15-19(29-14-13-28)5-6-22(20)26-10-8-25(9-11-26)21(7-12-27)18-3-1-17(16-24)2-4-18/h1-6,15,21,27-28H,7-14H2. The minimum Gasteiger partial charge on any atom is -0.491 e. The van der Waals surface area contributed by atoms with Crippen molar-refractivity contribution < 1.29 is 14.9 Å². The number of anilines is 1. The summed E-state index contributed by atoms with van der Waals surface area (Å²) in [4.78, 5) is 4.63. The van der Waals surface area contributed by atoms with Crippen LogP contribution in [0.25, 0.3) is 0 Å². The highest BCUT2D eigenvalue weighted by molar-refractivity contribution is 6.33. The highest BCUT2D eigenvalue weighted by Gasteiger charge is 2.25. The molecule has 1 heterocycles. The van der Waals surface area contributed by atoms with Crippen molar-refractivity contribution in [2.75, 3.05) is 50.9 Å². The fourth-order valence-electron chi connectivity index (χ4n) is 3.73. The molecule has 6 nitrogen and oxygen atoms in total. The average Bonchev–Trinajstić information content (AvgIpc) is 2.76. The molecule has 0 spiro atoms. The van der Waals surface area contributed by atoms with Crippen LogP contribution in [0.3, 0.4) is 0 Å². The fraction of sp³-hybridized carbons (Fsp3) is 0.409. The summed E-state index contributed by atoms with van der Waals surface area (Å²) in [6, 6.07) is 15.5. The third-order valence-electron chi connectivity index (χ3n) is 5.20. The Morgan fingerprint density at radius 3 is 2.34 bits per heavy atom. The van der Waals surface area contributed by atoms with Crippen molar-refractivity contribution in [1.82, 2.24) is 4.90 Å². The van der Waals surface area contributed by atoms with E-state index < -0.39 is 0 Å². The van der Waals surface area contributed by atoms with Crippen LogP contribution in [0.4, 0.5) is 5.69 Å². The molecule has 1 fully saturated rings. The molecule has 7 heteroatoms. The Morgan fingerprint density at radius 1 is 1.03 bits per heavy atom. The van der Waals surface area contributed by atoms with Crippen molar-refractivity contribution in [2.45, 2.75) is 12.5 Å². The summed E-state index contributed by atoms with van der Waals surface area (Å²) >= 11 is 6.46. The Balaban J connectivity index is 1.65. The van der Waals surface area contributed by atoms with Gasteiger partial charge in [-0.25, -0.2) is 0 Å². The van der Waals surface area contributed by atoms with Gasteiger partial charge in [-0.15, -0.1) is 0 Å². The smallest absolute Gasteiger partial charge is 0.121 e. The number of halogens is 1. The molecule has 0 bridgehead atoms. The number of nitriles is 1. The predicted octanol–water partition coefficient (Wildman–Crippen LogP) is 2.83. The van der Waals surface area contributed by atoms with E-state index in [-0.39, 0.29) is 25.9 Å². The number of aliphatic hydroxyl groups excluding tert-OH is 2. The zero-order chi connectivity index (χ0) is 20.6. The Bertz CT molecular complexity index is 830. The molecule has 0 aliphatic carbocycles. The Labute approximate surface area is 176 Å². The maximum atomic E-state index is 9.55. The lowest BCUT2D eigenvalue weighted by Crippen LogP contribution is -2.48. The SMILES string of the molecule is N#Cc1ccc(C(CCO)N2CCN(c3ccc(OCCO)cc3Cl)CC2)cc1. The molecule has 1 atom stereocenters. The first-order valence-electron chi connectivity index (χ1n) is 9.79. The van der Waals surface area contributed by atoms with Crippen LogP contribution in [0, 0.1) is 11.3 Å². The molecule has 2 aromatic carbocycles. The topological polar surface area (TPSA) is 80.0 Å². The van der Waals surface area contributed by atoms with E-state index in [1.165, 1.54) is 0 Å². The van der Waals surface area contributed by atoms with Gasteiger partial charge < -0.3 is 19.8 Å². The summed E-state index contributed by atoms with van der Waals surface area (Å²) in [6.07, 6.45) is 0.656. The lowest BCUT2D eigenvalue weighted by atomic mass is 10.00. The van der Waals surface area contributed by atoms with Crippen LogP contribution in [0.15, 0.2) is 42.5 Å². The van der Waals surface area contributed by atoms with Gasteiger partial charge in [0.25, 0.3) is 0 Å². The van der Waals surface area contributed by atoms with E-state index in [1.54, 1.807) is 6.07 Å². The minimum atomic E-state index is -0.0322. The van der Waals surface area contributed by atoms with Gasteiger partial charge in [-0.2, -0.15) is 5.26 Å². The molecule has 29 heavy (non-hydrogen) atoms.